The lowest BCUT2D eigenvalue weighted by molar-refractivity contribution is -0.930. The largest absolute Gasteiger partial charge is 0.325 e. The number of pyridine rings is 1. The van der Waals surface area contributed by atoms with E-state index in [1.54, 1.807) is 16.2 Å². The Morgan fingerprint density at radius 1 is 1.07 bits per heavy atom. The molecule has 1 aromatic carbocycles. The normalized spacial score (nSPS) is 15.8. The number of piperidine rings is 1. The fourth-order valence-corrected chi connectivity index (χ4v) is 5.39. The zero-order valence-corrected chi connectivity index (χ0v) is 17.9. The van der Waals surface area contributed by atoms with Crippen LogP contribution in [0.5, 0.6) is 0 Å². The zero-order chi connectivity index (χ0) is 20.2. The van der Waals surface area contributed by atoms with E-state index in [4.69, 9.17) is 0 Å². The van der Waals surface area contributed by atoms with Crippen molar-refractivity contribution in [2.24, 2.45) is 0 Å². The Balaban J connectivity index is 1.75. The second-order valence-corrected chi connectivity index (χ2v) is 9.01. The highest BCUT2D eigenvalue weighted by molar-refractivity contribution is 7.16. The van der Waals surface area contributed by atoms with Crippen LogP contribution in [0, 0.1) is 13.8 Å². The van der Waals surface area contributed by atoms with Crippen LogP contribution in [0.1, 0.15) is 57.2 Å². The topological polar surface area (TPSA) is 46.4 Å². The van der Waals surface area contributed by atoms with Gasteiger partial charge in [-0.1, -0.05) is 18.2 Å². The van der Waals surface area contributed by atoms with Crippen LogP contribution < -0.4 is 10.2 Å². The first-order valence-electron chi connectivity index (χ1n) is 10.4. The number of likely N-dealkylation sites (tertiary alicyclic amines) is 1. The van der Waals surface area contributed by atoms with Gasteiger partial charge in [-0.25, -0.2) is 0 Å². The Hall–Kier alpha value is -2.50. The van der Waals surface area contributed by atoms with Crippen LogP contribution in [0.3, 0.4) is 0 Å². The highest BCUT2D eigenvalue weighted by atomic mass is 32.1. The number of nitrogens with zero attached hydrogens (tertiary/aromatic N) is 1. The van der Waals surface area contributed by atoms with Gasteiger partial charge < -0.3 is 10.2 Å². The minimum atomic E-state index is -0.0494. The lowest BCUT2D eigenvalue weighted by Crippen LogP contribution is -3.13. The third kappa shape index (κ3) is 4.26. The number of benzene rings is 1. The summed E-state index contributed by atoms with van der Waals surface area (Å²) in [5.41, 5.74) is 4.44. The van der Waals surface area contributed by atoms with Crippen molar-refractivity contribution in [3.05, 3.63) is 82.0 Å². The van der Waals surface area contributed by atoms with Crippen molar-refractivity contribution in [3.63, 3.8) is 0 Å². The van der Waals surface area contributed by atoms with Gasteiger partial charge in [0.05, 0.1) is 18.7 Å². The van der Waals surface area contributed by atoms with Crippen molar-refractivity contribution >= 4 is 22.2 Å². The summed E-state index contributed by atoms with van der Waals surface area (Å²) < 4.78 is 0. The number of nitrogens with one attached hydrogen (secondary N) is 2. The van der Waals surface area contributed by atoms with Crippen molar-refractivity contribution in [2.45, 2.75) is 39.2 Å². The molecule has 29 heavy (non-hydrogen) atoms. The van der Waals surface area contributed by atoms with Crippen LogP contribution in [0.4, 0.5) is 5.00 Å². The summed E-state index contributed by atoms with van der Waals surface area (Å²) in [6.45, 7) is 6.64. The number of carbonyl (C=O) groups is 1. The van der Waals surface area contributed by atoms with E-state index < -0.39 is 0 Å². The molecule has 0 unspecified atom stereocenters. The molecule has 1 saturated heterocycles. The molecule has 0 spiro atoms. The number of carbonyl (C=O) groups excluding carboxylic acids is 1. The number of hydrogen-bond donors (Lipinski definition) is 2. The molecule has 3 heterocycles. The highest BCUT2D eigenvalue weighted by Crippen LogP contribution is 2.38. The summed E-state index contributed by atoms with van der Waals surface area (Å²) in [5, 5.41) is 4.20. The monoisotopic (exact) mass is 406 g/mol. The summed E-state index contributed by atoms with van der Waals surface area (Å²) in [4.78, 5) is 20.1. The Kier molecular flexibility index (Phi) is 6.07. The maximum Gasteiger partial charge on any atom is 0.256 e. The first-order valence-corrected chi connectivity index (χ1v) is 11.2. The molecule has 0 bridgehead atoms. The Morgan fingerprint density at radius 2 is 1.83 bits per heavy atom. The minimum Gasteiger partial charge on any atom is -0.325 e. The maximum atomic E-state index is 12.9. The molecule has 1 atom stereocenters. The average molecular weight is 407 g/mol. The molecule has 5 heteroatoms. The molecular formula is C24H28N3OS+. The number of rotatable bonds is 5. The molecule has 3 aromatic rings. The summed E-state index contributed by atoms with van der Waals surface area (Å²) in [5.74, 6) is -0.0494. The maximum absolute atomic E-state index is 12.9. The molecule has 4 rings (SSSR count). The third-order valence-corrected chi connectivity index (χ3v) is 7.04. The van der Waals surface area contributed by atoms with E-state index in [2.05, 4.69) is 30.2 Å². The van der Waals surface area contributed by atoms with Gasteiger partial charge in [0.25, 0.3) is 5.91 Å². The van der Waals surface area contributed by atoms with E-state index in [1.807, 2.05) is 48.8 Å². The number of amides is 1. The van der Waals surface area contributed by atoms with Gasteiger partial charge in [0.15, 0.2) is 0 Å². The van der Waals surface area contributed by atoms with Crippen molar-refractivity contribution in [1.29, 1.82) is 0 Å². The Labute approximate surface area is 176 Å². The molecule has 2 N–H and O–H groups in total. The molecule has 1 aliphatic heterocycles. The molecule has 1 aliphatic rings. The van der Waals surface area contributed by atoms with Crippen molar-refractivity contribution in [2.75, 3.05) is 18.4 Å². The lowest BCUT2D eigenvalue weighted by Gasteiger charge is -2.32. The van der Waals surface area contributed by atoms with Crippen LogP contribution in [-0.2, 0) is 0 Å². The minimum absolute atomic E-state index is 0.0494. The second kappa shape index (κ2) is 8.89. The van der Waals surface area contributed by atoms with Crippen LogP contribution in [-0.4, -0.2) is 24.0 Å². The molecule has 0 aliphatic carbocycles. The van der Waals surface area contributed by atoms with E-state index in [9.17, 15) is 4.79 Å². The van der Waals surface area contributed by atoms with Gasteiger partial charge in [-0.05, 0) is 62.9 Å². The summed E-state index contributed by atoms with van der Waals surface area (Å²) >= 11 is 1.69. The fourth-order valence-electron chi connectivity index (χ4n) is 4.30. The lowest BCUT2D eigenvalue weighted by atomic mass is 9.94. The van der Waals surface area contributed by atoms with E-state index in [0.717, 1.165) is 18.1 Å². The van der Waals surface area contributed by atoms with Crippen LogP contribution >= 0.6 is 11.3 Å². The number of aryl methyl sites for hydroxylation is 1. The molecule has 150 valence electrons. The van der Waals surface area contributed by atoms with Crippen LogP contribution in [0.2, 0.25) is 0 Å². The Morgan fingerprint density at radius 3 is 2.52 bits per heavy atom. The van der Waals surface area contributed by atoms with Gasteiger partial charge in [0.1, 0.15) is 11.0 Å². The number of quaternary nitrogens is 1. The number of aromatic nitrogens is 1. The van der Waals surface area contributed by atoms with Crippen LogP contribution in [0.15, 0.2) is 54.9 Å². The van der Waals surface area contributed by atoms with Gasteiger partial charge in [0, 0.05) is 28.4 Å². The smallest absolute Gasteiger partial charge is 0.256 e. The van der Waals surface area contributed by atoms with Crippen molar-refractivity contribution in [1.82, 2.24) is 4.98 Å². The number of thiophene rings is 1. The van der Waals surface area contributed by atoms with Crippen molar-refractivity contribution < 1.29 is 9.69 Å². The average Bonchev–Trinajstić information content (AvgIpc) is 3.04. The van der Waals surface area contributed by atoms with Gasteiger partial charge in [-0.3, -0.25) is 9.78 Å². The molecule has 4 nitrogen and oxygen atoms in total. The van der Waals surface area contributed by atoms with Gasteiger partial charge >= 0.3 is 0 Å². The van der Waals surface area contributed by atoms with Gasteiger partial charge in [-0.2, -0.15) is 0 Å². The van der Waals surface area contributed by atoms with E-state index in [-0.39, 0.29) is 11.9 Å². The van der Waals surface area contributed by atoms with E-state index in [0.29, 0.717) is 5.56 Å². The van der Waals surface area contributed by atoms with E-state index >= 15 is 0 Å². The van der Waals surface area contributed by atoms with Gasteiger partial charge in [0.2, 0.25) is 0 Å². The predicted octanol–water partition coefficient (Wildman–Crippen LogP) is 4.17. The molecule has 0 radical (unpaired) electrons. The SMILES string of the molecule is Cc1sc(NC(=O)c2ccccc2)c([C@@H](c2cccnc2)[NH+]2CCCCC2)c1C. The summed E-state index contributed by atoms with van der Waals surface area (Å²) in [6.07, 6.45) is 7.62. The number of hydrogen-bond acceptors (Lipinski definition) is 3. The Bertz CT molecular complexity index is 963. The molecule has 1 amide bonds. The third-order valence-electron chi connectivity index (χ3n) is 5.91. The van der Waals surface area contributed by atoms with E-state index in [1.165, 1.54) is 40.8 Å². The zero-order valence-electron chi connectivity index (χ0n) is 17.1. The van der Waals surface area contributed by atoms with Crippen LogP contribution in [0.25, 0.3) is 0 Å². The number of anilines is 1. The van der Waals surface area contributed by atoms with Gasteiger partial charge in [-0.15, -0.1) is 11.3 Å². The molecule has 0 saturated carbocycles. The fraction of sp³-hybridized carbons (Fsp3) is 0.333. The summed E-state index contributed by atoms with van der Waals surface area (Å²) in [7, 11) is 0. The predicted molar refractivity (Wildman–Crippen MR) is 119 cm³/mol. The molecule has 2 aromatic heterocycles. The molecule has 1 fully saturated rings. The molecular weight excluding hydrogens is 378 g/mol. The second-order valence-electron chi connectivity index (χ2n) is 7.78. The standard InChI is InChI=1S/C24H27N3OS/c1-17-18(2)29-24(26-23(28)19-10-5-3-6-11-19)21(17)22(20-12-9-13-25-16-20)27-14-7-4-8-15-27/h3,5-6,9-13,16,22H,4,7-8,14-15H2,1-2H3,(H,26,28)/p+1/t22-/m1/s1. The van der Waals surface area contributed by atoms with Crippen molar-refractivity contribution in [3.8, 4) is 0 Å². The highest BCUT2D eigenvalue weighted by Gasteiger charge is 2.33. The first kappa shape index (κ1) is 19.8. The quantitative estimate of drug-likeness (QED) is 0.668. The first-order chi connectivity index (χ1) is 14.1. The summed E-state index contributed by atoms with van der Waals surface area (Å²) in [6, 6.07) is 13.8.